The molecule has 0 aromatic heterocycles. The Hall–Kier alpha value is -2.64. The van der Waals surface area contributed by atoms with Crippen molar-refractivity contribution < 1.29 is 23.5 Å². The molecule has 7 heteroatoms. The Balaban J connectivity index is 1.60. The molecule has 1 saturated carbocycles. The topological polar surface area (TPSA) is 78.4 Å². The van der Waals surface area contributed by atoms with Crippen LogP contribution in [0.5, 0.6) is 0 Å². The lowest BCUT2D eigenvalue weighted by atomic mass is 9.85. The van der Waals surface area contributed by atoms with Crippen molar-refractivity contribution in [3.05, 3.63) is 70.8 Å². The van der Waals surface area contributed by atoms with Crippen LogP contribution in [0.15, 0.2) is 42.5 Å². The second-order valence-corrected chi connectivity index (χ2v) is 9.48. The summed E-state index contributed by atoms with van der Waals surface area (Å²) in [5, 5.41) is 16.9. The largest absolute Gasteiger partial charge is 0.390 e. The highest BCUT2D eigenvalue weighted by Crippen LogP contribution is 2.24. The Morgan fingerprint density at radius 1 is 1.09 bits per heavy atom. The maximum absolute atomic E-state index is 13.7. The molecule has 1 amide bonds. The maximum Gasteiger partial charge on any atom is 0.220 e. The van der Waals surface area contributed by atoms with E-state index in [1.54, 1.807) is 0 Å². The van der Waals surface area contributed by atoms with Gasteiger partial charge in [-0.2, -0.15) is 0 Å². The molecule has 1 unspecified atom stereocenters. The van der Waals surface area contributed by atoms with E-state index in [-0.39, 0.29) is 37.0 Å². The number of nitrogens with one attached hydrogen (secondary N) is 2. The van der Waals surface area contributed by atoms with Crippen LogP contribution in [0.1, 0.15) is 62.1 Å². The predicted octanol–water partition coefficient (Wildman–Crippen LogP) is 4.24. The number of aliphatic hydroxyl groups excluding tert-OH is 1. The third-order valence-corrected chi connectivity index (χ3v) is 6.67. The lowest BCUT2D eigenvalue weighted by molar-refractivity contribution is -0.126. The van der Waals surface area contributed by atoms with Crippen LogP contribution < -0.4 is 10.6 Å². The average molecular weight is 487 g/mol. The highest BCUT2D eigenvalue weighted by Gasteiger charge is 2.25. The summed E-state index contributed by atoms with van der Waals surface area (Å²) in [5.41, 5.74) is 2.66. The van der Waals surface area contributed by atoms with Gasteiger partial charge in [-0.1, -0.05) is 37.6 Å². The molecule has 1 aliphatic rings. The average Bonchev–Trinajstić information content (AvgIpc) is 2.82. The number of amides is 1. The monoisotopic (exact) mass is 486 g/mol. The van der Waals surface area contributed by atoms with Gasteiger partial charge in [0, 0.05) is 37.9 Å². The van der Waals surface area contributed by atoms with E-state index >= 15 is 0 Å². The van der Waals surface area contributed by atoms with Crippen molar-refractivity contribution in [2.75, 3.05) is 6.54 Å². The summed E-state index contributed by atoms with van der Waals surface area (Å²) in [7, 11) is 0. The normalized spacial score (nSPS) is 17.7. The lowest BCUT2D eigenvalue weighted by Gasteiger charge is -2.26. The van der Waals surface area contributed by atoms with Gasteiger partial charge in [-0.3, -0.25) is 9.59 Å². The third-order valence-electron chi connectivity index (χ3n) is 6.67. The Morgan fingerprint density at radius 3 is 2.54 bits per heavy atom. The summed E-state index contributed by atoms with van der Waals surface area (Å²) in [6.45, 7) is 2.83. The molecule has 2 aromatic rings. The van der Waals surface area contributed by atoms with Crippen molar-refractivity contribution in [1.29, 1.82) is 0 Å². The van der Waals surface area contributed by atoms with E-state index < -0.39 is 23.8 Å². The lowest BCUT2D eigenvalue weighted by Crippen LogP contribution is -2.48. The van der Waals surface area contributed by atoms with Gasteiger partial charge < -0.3 is 15.7 Å². The minimum absolute atomic E-state index is 0.0803. The molecule has 190 valence electrons. The van der Waals surface area contributed by atoms with E-state index in [9.17, 15) is 23.5 Å². The van der Waals surface area contributed by atoms with Crippen molar-refractivity contribution in [1.82, 2.24) is 10.6 Å². The van der Waals surface area contributed by atoms with Crippen LogP contribution in [0.4, 0.5) is 8.78 Å². The number of aryl methyl sites for hydroxylation is 1. The molecule has 1 fully saturated rings. The minimum atomic E-state index is -0.976. The van der Waals surface area contributed by atoms with Gasteiger partial charge in [0.2, 0.25) is 5.91 Å². The zero-order chi connectivity index (χ0) is 25.2. The summed E-state index contributed by atoms with van der Waals surface area (Å²) in [4.78, 5) is 24.8. The van der Waals surface area contributed by atoms with Crippen LogP contribution in [-0.4, -0.2) is 35.5 Å². The van der Waals surface area contributed by atoms with Crippen LogP contribution in [0, 0.1) is 17.6 Å². The van der Waals surface area contributed by atoms with E-state index in [2.05, 4.69) is 29.7 Å². The molecule has 3 atom stereocenters. The molecule has 0 spiro atoms. The number of rotatable bonds is 12. The predicted molar refractivity (Wildman–Crippen MR) is 132 cm³/mol. The molecule has 0 aliphatic heterocycles. The quantitative estimate of drug-likeness (QED) is 0.419. The number of halogens is 2. The molecular formula is C28H36F2N2O3. The molecular weight excluding hydrogens is 450 g/mol. The van der Waals surface area contributed by atoms with Gasteiger partial charge in [0.1, 0.15) is 17.4 Å². The fourth-order valence-corrected chi connectivity index (χ4v) is 4.68. The first-order valence-corrected chi connectivity index (χ1v) is 12.6. The van der Waals surface area contributed by atoms with Gasteiger partial charge in [-0.05, 0) is 60.9 Å². The van der Waals surface area contributed by atoms with Crippen LogP contribution in [0.25, 0.3) is 0 Å². The number of carbonyl (C=O) groups excluding carboxylic acids is 2. The van der Waals surface area contributed by atoms with E-state index in [4.69, 9.17) is 0 Å². The Morgan fingerprint density at radius 2 is 1.83 bits per heavy atom. The summed E-state index contributed by atoms with van der Waals surface area (Å²) in [5.74, 6) is -1.56. The molecule has 5 nitrogen and oxygen atoms in total. The standard InChI is InChI=1S/C28H36F2N2O3/c1-2-19-6-5-7-20(12-19)17-31-18-27(34)25(15-21-13-23(29)16-24(30)14-21)32-28(35)11-10-22-8-3-4-9-26(22)33/h5-7,12-14,16,22,25,27,31,34H,2-4,8-11,15,17-18H2,1H3,(H,32,35)/t22?,25-,27-/m0/s1. The summed E-state index contributed by atoms with van der Waals surface area (Å²) in [6, 6.07) is 10.6. The zero-order valence-corrected chi connectivity index (χ0v) is 20.4. The van der Waals surface area contributed by atoms with Crippen molar-refractivity contribution in [2.45, 2.75) is 77.0 Å². The SMILES string of the molecule is CCc1cccc(CNC[C@H](O)[C@H](Cc2cc(F)cc(F)c2)NC(=O)CCC2CCCCC2=O)c1. The number of Topliss-reactive ketones (excluding diaryl/α,β-unsaturated/α-hetero) is 1. The fourth-order valence-electron chi connectivity index (χ4n) is 4.68. The Kier molecular flexibility index (Phi) is 10.4. The number of carbonyl (C=O) groups is 2. The molecule has 3 rings (SSSR count). The highest BCUT2D eigenvalue weighted by atomic mass is 19.1. The van der Waals surface area contributed by atoms with Crippen molar-refractivity contribution in [2.24, 2.45) is 5.92 Å². The third kappa shape index (κ3) is 8.82. The number of benzene rings is 2. The molecule has 0 saturated heterocycles. The van der Waals surface area contributed by atoms with E-state index in [0.29, 0.717) is 24.9 Å². The summed E-state index contributed by atoms with van der Waals surface area (Å²) in [6.07, 6.45) is 3.99. The number of hydrogen-bond donors (Lipinski definition) is 3. The highest BCUT2D eigenvalue weighted by molar-refractivity contribution is 5.83. The van der Waals surface area contributed by atoms with Gasteiger partial charge in [0.05, 0.1) is 12.1 Å². The maximum atomic E-state index is 13.7. The van der Waals surface area contributed by atoms with Gasteiger partial charge in [-0.25, -0.2) is 8.78 Å². The van der Waals surface area contributed by atoms with E-state index in [1.807, 2.05) is 12.1 Å². The number of aliphatic hydroxyl groups is 1. The second kappa shape index (κ2) is 13.4. The molecule has 0 radical (unpaired) electrons. The van der Waals surface area contributed by atoms with Crippen molar-refractivity contribution >= 4 is 11.7 Å². The van der Waals surface area contributed by atoms with Gasteiger partial charge >= 0.3 is 0 Å². The molecule has 0 heterocycles. The first kappa shape index (κ1) is 27.0. The number of ketones is 1. The number of hydrogen-bond acceptors (Lipinski definition) is 4. The zero-order valence-electron chi connectivity index (χ0n) is 20.4. The smallest absolute Gasteiger partial charge is 0.220 e. The van der Waals surface area contributed by atoms with E-state index in [0.717, 1.165) is 37.3 Å². The van der Waals surface area contributed by atoms with Gasteiger partial charge in [-0.15, -0.1) is 0 Å². The fraction of sp³-hybridized carbons (Fsp3) is 0.500. The first-order valence-electron chi connectivity index (χ1n) is 12.6. The van der Waals surface area contributed by atoms with Crippen molar-refractivity contribution in [3.63, 3.8) is 0 Å². The molecule has 2 aromatic carbocycles. The van der Waals surface area contributed by atoms with E-state index in [1.165, 1.54) is 17.7 Å². The second-order valence-electron chi connectivity index (χ2n) is 9.48. The summed E-state index contributed by atoms with van der Waals surface area (Å²) >= 11 is 0. The van der Waals surface area contributed by atoms with Crippen LogP contribution in [-0.2, 0) is 29.0 Å². The Labute approximate surface area is 206 Å². The minimum Gasteiger partial charge on any atom is -0.390 e. The van der Waals surface area contributed by atoms with Crippen LogP contribution >= 0.6 is 0 Å². The van der Waals surface area contributed by atoms with Gasteiger partial charge in [0.25, 0.3) is 0 Å². The molecule has 35 heavy (non-hydrogen) atoms. The van der Waals surface area contributed by atoms with Crippen LogP contribution in [0.3, 0.4) is 0 Å². The molecule has 3 N–H and O–H groups in total. The Bertz CT molecular complexity index is 978. The van der Waals surface area contributed by atoms with Crippen molar-refractivity contribution in [3.8, 4) is 0 Å². The van der Waals surface area contributed by atoms with Crippen LogP contribution in [0.2, 0.25) is 0 Å². The summed E-state index contributed by atoms with van der Waals surface area (Å²) < 4.78 is 27.4. The molecule has 0 bridgehead atoms. The first-order chi connectivity index (χ1) is 16.8. The molecule has 1 aliphatic carbocycles. The van der Waals surface area contributed by atoms with Gasteiger partial charge in [0.15, 0.2) is 0 Å².